The average Bonchev–Trinajstić information content (AvgIpc) is 3.42. The van der Waals surface area contributed by atoms with E-state index in [-0.39, 0.29) is 35.9 Å². The van der Waals surface area contributed by atoms with Gasteiger partial charge in [0.15, 0.2) is 5.79 Å². The van der Waals surface area contributed by atoms with Crippen molar-refractivity contribution in [3.05, 3.63) is 36.0 Å². The maximum absolute atomic E-state index is 12.1. The van der Waals surface area contributed by atoms with Crippen LogP contribution >= 0.6 is 0 Å². The van der Waals surface area contributed by atoms with Crippen molar-refractivity contribution in [3.63, 3.8) is 0 Å². The molecule has 0 bridgehead atoms. The van der Waals surface area contributed by atoms with E-state index in [2.05, 4.69) is 45.2 Å². The minimum Gasteiger partial charge on any atom is -0.373 e. The van der Waals surface area contributed by atoms with Gasteiger partial charge in [-0.2, -0.15) is 0 Å². The zero-order valence-electron chi connectivity index (χ0n) is 20.5. The predicted octanol–water partition coefficient (Wildman–Crippen LogP) is 4.05. The number of carbonyl (C=O) groups excluding carboxylic acids is 1. The number of epoxide rings is 1. The molecule has 0 aromatic heterocycles. The van der Waals surface area contributed by atoms with Crippen LogP contribution < -0.4 is 5.32 Å². The van der Waals surface area contributed by atoms with Crippen LogP contribution in [-0.4, -0.2) is 53.4 Å². The van der Waals surface area contributed by atoms with Crippen molar-refractivity contribution in [2.45, 2.75) is 103 Å². The molecule has 3 fully saturated rings. The van der Waals surface area contributed by atoms with Gasteiger partial charge in [-0.3, -0.25) is 4.79 Å². The van der Waals surface area contributed by atoms with Crippen LogP contribution in [0, 0.1) is 11.8 Å². The molecule has 1 spiro atoms. The molecule has 3 aliphatic rings. The first-order valence-electron chi connectivity index (χ1n) is 12.0. The Balaban J connectivity index is 1.48. The van der Waals surface area contributed by atoms with E-state index >= 15 is 0 Å². The Hall–Kier alpha value is -1.47. The van der Waals surface area contributed by atoms with Gasteiger partial charge < -0.3 is 24.6 Å². The molecule has 0 aromatic rings. The van der Waals surface area contributed by atoms with E-state index < -0.39 is 5.79 Å². The van der Waals surface area contributed by atoms with Crippen LogP contribution in [0.25, 0.3) is 0 Å². The third-order valence-corrected chi connectivity index (χ3v) is 6.60. The molecule has 1 amide bonds. The van der Waals surface area contributed by atoms with E-state index in [9.17, 15) is 9.90 Å². The maximum atomic E-state index is 12.1. The van der Waals surface area contributed by atoms with Crippen LogP contribution in [-0.2, 0) is 19.0 Å². The second-order valence-electron chi connectivity index (χ2n) is 10.5. The Morgan fingerprint density at radius 2 is 2.00 bits per heavy atom. The van der Waals surface area contributed by atoms with Gasteiger partial charge in [0, 0.05) is 12.8 Å². The highest BCUT2D eigenvalue weighted by Gasteiger charge is 2.54. The Morgan fingerprint density at radius 1 is 1.28 bits per heavy atom. The topological polar surface area (TPSA) is 80.3 Å². The highest BCUT2D eigenvalue weighted by molar-refractivity contribution is 5.87. The molecular weight excluding hydrogens is 406 g/mol. The molecule has 6 heteroatoms. The van der Waals surface area contributed by atoms with Gasteiger partial charge in [-0.05, 0) is 51.5 Å². The lowest BCUT2D eigenvalue weighted by molar-refractivity contribution is -0.244. The van der Waals surface area contributed by atoms with Gasteiger partial charge in [0.05, 0.1) is 36.6 Å². The number of hydrogen-bond acceptors (Lipinski definition) is 5. The predicted molar refractivity (Wildman–Crippen MR) is 125 cm³/mol. The summed E-state index contributed by atoms with van der Waals surface area (Å²) in [5, 5.41) is 13.4. The Kier molecular flexibility index (Phi) is 8.02. The third-order valence-electron chi connectivity index (χ3n) is 6.60. The molecule has 0 saturated carbocycles. The molecule has 180 valence electrons. The van der Waals surface area contributed by atoms with E-state index in [0.29, 0.717) is 24.9 Å². The molecule has 3 aliphatic heterocycles. The monoisotopic (exact) mass is 447 g/mol. The Morgan fingerprint density at radius 3 is 2.66 bits per heavy atom. The first-order chi connectivity index (χ1) is 15.0. The van der Waals surface area contributed by atoms with Gasteiger partial charge >= 0.3 is 0 Å². The second kappa shape index (κ2) is 10.2. The molecule has 0 radical (unpaired) electrons. The quantitative estimate of drug-likeness (QED) is 0.350. The molecule has 0 unspecified atom stereocenters. The number of amides is 1. The summed E-state index contributed by atoms with van der Waals surface area (Å²) in [6.07, 6.45) is 12.8. The zero-order valence-corrected chi connectivity index (χ0v) is 20.5. The first-order valence-corrected chi connectivity index (χ1v) is 12.0. The lowest BCUT2D eigenvalue weighted by atomic mass is 9.88. The van der Waals surface area contributed by atoms with E-state index in [1.807, 2.05) is 19.1 Å². The summed E-state index contributed by atoms with van der Waals surface area (Å²) >= 11 is 0. The SMILES string of the molecule is CC(/C=C/[C@@H]1C[C@]2(CO2)C[C@@](C)(O)O1)=C\C[C@@H]1O[C@H](C)[C@H](NC(=O)/C=C\C(C)C)C[C@@H]1C. The van der Waals surface area contributed by atoms with Gasteiger partial charge in [0.1, 0.15) is 0 Å². The second-order valence-corrected chi connectivity index (χ2v) is 10.5. The van der Waals surface area contributed by atoms with Crippen molar-refractivity contribution < 1.29 is 24.1 Å². The van der Waals surface area contributed by atoms with E-state index in [1.165, 1.54) is 0 Å². The summed E-state index contributed by atoms with van der Waals surface area (Å²) in [5.41, 5.74) is 0.939. The minimum absolute atomic E-state index is 0.0237. The van der Waals surface area contributed by atoms with Crippen LogP contribution in [0.15, 0.2) is 36.0 Å². The van der Waals surface area contributed by atoms with Crippen LogP contribution in [0.1, 0.15) is 67.2 Å². The molecule has 0 aliphatic carbocycles. The largest absolute Gasteiger partial charge is 0.373 e. The molecule has 3 saturated heterocycles. The molecule has 3 rings (SSSR count). The molecule has 32 heavy (non-hydrogen) atoms. The van der Waals surface area contributed by atoms with Gasteiger partial charge in [-0.15, -0.1) is 0 Å². The molecule has 3 heterocycles. The zero-order chi connectivity index (χ0) is 23.5. The van der Waals surface area contributed by atoms with Crippen molar-refractivity contribution in [1.82, 2.24) is 5.32 Å². The van der Waals surface area contributed by atoms with Gasteiger partial charge in [-0.25, -0.2) is 0 Å². The normalized spacial score (nSPS) is 40.5. The summed E-state index contributed by atoms with van der Waals surface area (Å²) in [6.45, 7) is 12.8. The van der Waals surface area contributed by atoms with Crippen LogP contribution in [0.4, 0.5) is 0 Å². The number of carbonyl (C=O) groups is 1. The summed E-state index contributed by atoms with van der Waals surface area (Å²) < 4.78 is 17.6. The van der Waals surface area contributed by atoms with Crippen LogP contribution in [0.3, 0.4) is 0 Å². The molecule has 2 N–H and O–H groups in total. The Labute approximate surface area is 193 Å². The fourth-order valence-corrected chi connectivity index (χ4v) is 4.73. The summed E-state index contributed by atoms with van der Waals surface area (Å²) in [4.78, 5) is 12.1. The van der Waals surface area contributed by atoms with E-state index in [1.54, 1.807) is 13.0 Å². The number of hydrogen-bond donors (Lipinski definition) is 2. The smallest absolute Gasteiger partial charge is 0.243 e. The highest BCUT2D eigenvalue weighted by atomic mass is 16.7. The lowest BCUT2D eigenvalue weighted by Gasteiger charge is -2.39. The van der Waals surface area contributed by atoms with Gasteiger partial charge in [-0.1, -0.05) is 50.6 Å². The molecular formula is C26H41NO5. The summed E-state index contributed by atoms with van der Waals surface area (Å²) in [6, 6.07) is 0.0312. The van der Waals surface area contributed by atoms with Crippen molar-refractivity contribution >= 4 is 5.91 Å². The fourth-order valence-electron chi connectivity index (χ4n) is 4.73. The Bertz CT molecular complexity index is 743. The number of allylic oxidation sites excluding steroid dienone is 3. The van der Waals surface area contributed by atoms with E-state index in [0.717, 1.165) is 24.8 Å². The standard InChI is InChI=1S/C26H41NO5/c1-17(2)7-12-24(28)27-22-13-19(4)23(31-20(22)5)11-9-18(3)8-10-21-14-26(16-30-26)15-25(6,29)32-21/h7-10,12,17,19-23,29H,11,13-16H2,1-6H3,(H,27,28)/b10-8+,12-7-,18-9+/t19-,20+,21+,22+,23-,25-,26+/m0/s1. The van der Waals surface area contributed by atoms with Crippen molar-refractivity contribution in [1.29, 1.82) is 0 Å². The number of nitrogens with one attached hydrogen (secondary N) is 1. The number of aliphatic hydroxyl groups is 1. The maximum Gasteiger partial charge on any atom is 0.243 e. The number of ether oxygens (including phenoxy) is 3. The molecule has 7 atom stereocenters. The van der Waals surface area contributed by atoms with Crippen LogP contribution in [0.5, 0.6) is 0 Å². The molecule has 0 aromatic carbocycles. The summed E-state index contributed by atoms with van der Waals surface area (Å²) in [7, 11) is 0. The average molecular weight is 448 g/mol. The number of rotatable bonds is 7. The van der Waals surface area contributed by atoms with Crippen molar-refractivity contribution in [2.24, 2.45) is 11.8 Å². The highest BCUT2D eigenvalue weighted by Crippen LogP contribution is 2.45. The third kappa shape index (κ3) is 7.27. The van der Waals surface area contributed by atoms with E-state index in [4.69, 9.17) is 14.2 Å². The fraction of sp³-hybridized carbons (Fsp3) is 0.731. The summed E-state index contributed by atoms with van der Waals surface area (Å²) in [5.74, 6) is -0.483. The van der Waals surface area contributed by atoms with Gasteiger partial charge in [0.2, 0.25) is 5.91 Å². The van der Waals surface area contributed by atoms with Crippen molar-refractivity contribution in [3.8, 4) is 0 Å². The van der Waals surface area contributed by atoms with Crippen molar-refractivity contribution in [2.75, 3.05) is 6.61 Å². The van der Waals surface area contributed by atoms with Crippen LogP contribution in [0.2, 0.25) is 0 Å². The van der Waals surface area contributed by atoms with Gasteiger partial charge in [0.25, 0.3) is 0 Å². The molecule has 6 nitrogen and oxygen atoms in total. The minimum atomic E-state index is -1.14. The lowest BCUT2D eigenvalue weighted by Crippen LogP contribution is -2.50. The first kappa shape index (κ1) is 25.2.